The third kappa shape index (κ3) is 4.40. The minimum Gasteiger partial charge on any atom is -0.384 e. The van der Waals surface area contributed by atoms with E-state index < -0.39 is 0 Å². The Morgan fingerprint density at radius 1 is 1.25 bits per heavy atom. The fourth-order valence-electron chi connectivity index (χ4n) is 2.60. The molecule has 1 aromatic carbocycles. The van der Waals surface area contributed by atoms with Gasteiger partial charge in [0.2, 0.25) is 5.91 Å². The number of anilines is 1. The first-order chi connectivity index (χ1) is 9.79. The van der Waals surface area contributed by atoms with Crippen molar-refractivity contribution in [2.24, 2.45) is 5.92 Å². The zero-order valence-corrected chi connectivity index (χ0v) is 11.7. The van der Waals surface area contributed by atoms with Crippen LogP contribution < -0.4 is 5.32 Å². The summed E-state index contributed by atoms with van der Waals surface area (Å²) >= 11 is 0. The molecule has 1 aromatic rings. The lowest BCUT2D eigenvalue weighted by Gasteiger charge is -2.14. The zero-order valence-electron chi connectivity index (χ0n) is 11.7. The standard InChI is InChI=1S/C17H21NO2/c19-12-6-8-14-7-5-11-16(13-14)18-17(20)15-9-3-1-2-4-10-15/h5,7,11,13,15,19H,1-4,9-10,12H2,(H,18,20). The van der Waals surface area contributed by atoms with Gasteiger partial charge in [-0.05, 0) is 31.0 Å². The molecule has 0 aromatic heterocycles. The highest BCUT2D eigenvalue weighted by Gasteiger charge is 2.19. The second-order valence-electron chi connectivity index (χ2n) is 5.22. The Kier molecular flexibility index (Phi) is 5.64. The summed E-state index contributed by atoms with van der Waals surface area (Å²) in [6.07, 6.45) is 6.79. The van der Waals surface area contributed by atoms with Gasteiger partial charge in [0.1, 0.15) is 6.61 Å². The Morgan fingerprint density at radius 2 is 2.00 bits per heavy atom. The topological polar surface area (TPSA) is 49.3 Å². The molecule has 0 heterocycles. The van der Waals surface area contributed by atoms with E-state index in [1.54, 1.807) is 0 Å². The average molecular weight is 271 g/mol. The normalized spacial score (nSPS) is 15.8. The number of rotatable bonds is 2. The van der Waals surface area contributed by atoms with Crippen LogP contribution in [-0.4, -0.2) is 17.6 Å². The predicted octanol–water partition coefficient (Wildman–Crippen LogP) is 2.94. The van der Waals surface area contributed by atoms with E-state index in [0.717, 1.165) is 36.9 Å². The van der Waals surface area contributed by atoms with Gasteiger partial charge in [0, 0.05) is 17.2 Å². The number of nitrogens with one attached hydrogen (secondary N) is 1. The Labute approximate surface area is 120 Å². The molecule has 1 aliphatic carbocycles. The molecule has 2 N–H and O–H groups in total. The van der Waals surface area contributed by atoms with Crippen molar-refractivity contribution < 1.29 is 9.90 Å². The van der Waals surface area contributed by atoms with Gasteiger partial charge in [-0.1, -0.05) is 43.6 Å². The third-order valence-corrected chi connectivity index (χ3v) is 3.67. The number of amides is 1. The lowest BCUT2D eigenvalue weighted by molar-refractivity contribution is -0.120. The number of carbonyl (C=O) groups is 1. The van der Waals surface area contributed by atoms with Crippen molar-refractivity contribution in [3.63, 3.8) is 0 Å². The first-order valence-electron chi connectivity index (χ1n) is 7.30. The lowest BCUT2D eigenvalue weighted by atomic mass is 9.99. The van der Waals surface area contributed by atoms with Gasteiger partial charge >= 0.3 is 0 Å². The van der Waals surface area contributed by atoms with Crippen LogP contribution in [0, 0.1) is 17.8 Å². The molecule has 1 fully saturated rings. The molecule has 2 rings (SSSR count). The molecule has 0 bridgehead atoms. The molecule has 1 saturated carbocycles. The van der Waals surface area contributed by atoms with Gasteiger partial charge in [-0.15, -0.1) is 0 Å². The molecular weight excluding hydrogens is 250 g/mol. The van der Waals surface area contributed by atoms with Crippen molar-refractivity contribution in [1.29, 1.82) is 0 Å². The summed E-state index contributed by atoms with van der Waals surface area (Å²) in [7, 11) is 0. The summed E-state index contributed by atoms with van der Waals surface area (Å²) in [6, 6.07) is 7.45. The van der Waals surface area contributed by atoms with Gasteiger partial charge in [0.05, 0.1) is 0 Å². The first-order valence-corrected chi connectivity index (χ1v) is 7.30. The van der Waals surface area contributed by atoms with Crippen molar-refractivity contribution in [2.75, 3.05) is 11.9 Å². The summed E-state index contributed by atoms with van der Waals surface area (Å²) in [5.74, 6) is 5.72. The Bertz CT molecular complexity index is 505. The van der Waals surface area contributed by atoms with E-state index in [1.807, 2.05) is 24.3 Å². The molecular formula is C17H21NO2. The summed E-state index contributed by atoms with van der Waals surface area (Å²) in [5, 5.41) is 11.7. The van der Waals surface area contributed by atoms with Crippen molar-refractivity contribution >= 4 is 11.6 Å². The lowest BCUT2D eigenvalue weighted by Crippen LogP contribution is -2.22. The fourth-order valence-corrected chi connectivity index (χ4v) is 2.60. The third-order valence-electron chi connectivity index (χ3n) is 3.67. The van der Waals surface area contributed by atoms with Crippen LogP contribution in [0.15, 0.2) is 24.3 Å². The van der Waals surface area contributed by atoms with E-state index in [-0.39, 0.29) is 18.4 Å². The largest absolute Gasteiger partial charge is 0.384 e. The maximum Gasteiger partial charge on any atom is 0.227 e. The molecule has 0 spiro atoms. The van der Waals surface area contributed by atoms with Crippen LogP contribution in [0.25, 0.3) is 0 Å². The number of hydrogen-bond acceptors (Lipinski definition) is 2. The predicted molar refractivity (Wildman–Crippen MR) is 80.2 cm³/mol. The van der Waals surface area contributed by atoms with Crippen molar-refractivity contribution in [1.82, 2.24) is 0 Å². The van der Waals surface area contributed by atoms with E-state index in [1.165, 1.54) is 12.8 Å². The second kappa shape index (κ2) is 7.72. The van der Waals surface area contributed by atoms with Crippen LogP contribution in [0.3, 0.4) is 0 Å². The van der Waals surface area contributed by atoms with Gasteiger partial charge < -0.3 is 10.4 Å². The molecule has 0 unspecified atom stereocenters. The molecule has 3 heteroatoms. The van der Waals surface area contributed by atoms with Gasteiger partial charge in [-0.2, -0.15) is 0 Å². The van der Waals surface area contributed by atoms with E-state index in [0.29, 0.717) is 0 Å². The maximum atomic E-state index is 12.3. The van der Waals surface area contributed by atoms with Crippen LogP contribution in [0.1, 0.15) is 44.1 Å². The van der Waals surface area contributed by atoms with Crippen LogP contribution in [-0.2, 0) is 4.79 Å². The quantitative estimate of drug-likeness (QED) is 0.642. The fraction of sp³-hybridized carbons (Fsp3) is 0.471. The van der Waals surface area contributed by atoms with Crippen molar-refractivity contribution in [2.45, 2.75) is 38.5 Å². The summed E-state index contributed by atoms with van der Waals surface area (Å²) < 4.78 is 0. The van der Waals surface area contributed by atoms with Crippen LogP contribution in [0.4, 0.5) is 5.69 Å². The Balaban J connectivity index is 1.99. The van der Waals surface area contributed by atoms with Gasteiger partial charge in [-0.3, -0.25) is 4.79 Å². The Hall–Kier alpha value is -1.79. The Morgan fingerprint density at radius 3 is 2.70 bits per heavy atom. The minimum absolute atomic E-state index is 0.124. The number of benzene rings is 1. The molecule has 0 radical (unpaired) electrons. The number of aliphatic hydroxyl groups is 1. The molecule has 3 nitrogen and oxygen atoms in total. The highest BCUT2D eigenvalue weighted by Crippen LogP contribution is 2.24. The highest BCUT2D eigenvalue weighted by atomic mass is 16.2. The first kappa shape index (κ1) is 14.6. The SMILES string of the molecule is O=C(Nc1cccc(C#CCO)c1)C1CCCCCC1. The maximum absolute atomic E-state index is 12.3. The minimum atomic E-state index is -0.154. The van der Waals surface area contributed by atoms with Crippen molar-refractivity contribution in [3.05, 3.63) is 29.8 Å². The molecule has 0 saturated heterocycles. The van der Waals surface area contributed by atoms with E-state index >= 15 is 0 Å². The van der Waals surface area contributed by atoms with Gasteiger partial charge in [-0.25, -0.2) is 0 Å². The van der Waals surface area contributed by atoms with Crippen LogP contribution in [0.5, 0.6) is 0 Å². The number of aliphatic hydroxyl groups excluding tert-OH is 1. The van der Waals surface area contributed by atoms with E-state index in [2.05, 4.69) is 17.2 Å². The van der Waals surface area contributed by atoms with Gasteiger partial charge in [0.25, 0.3) is 0 Å². The molecule has 106 valence electrons. The van der Waals surface area contributed by atoms with Crippen LogP contribution in [0.2, 0.25) is 0 Å². The molecule has 0 atom stereocenters. The van der Waals surface area contributed by atoms with E-state index in [4.69, 9.17) is 5.11 Å². The van der Waals surface area contributed by atoms with Gasteiger partial charge in [0.15, 0.2) is 0 Å². The summed E-state index contributed by atoms with van der Waals surface area (Å²) in [4.78, 5) is 12.3. The number of hydrogen-bond donors (Lipinski definition) is 2. The summed E-state index contributed by atoms with van der Waals surface area (Å²) in [5.41, 5.74) is 1.58. The molecule has 20 heavy (non-hydrogen) atoms. The second-order valence-corrected chi connectivity index (χ2v) is 5.22. The van der Waals surface area contributed by atoms with Crippen LogP contribution >= 0.6 is 0 Å². The highest BCUT2D eigenvalue weighted by molar-refractivity contribution is 5.92. The smallest absolute Gasteiger partial charge is 0.227 e. The average Bonchev–Trinajstić information content (AvgIpc) is 2.74. The number of carbonyl (C=O) groups excluding carboxylic acids is 1. The van der Waals surface area contributed by atoms with E-state index in [9.17, 15) is 4.79 Å². The molecule has 0 aliphatic heterocycles. The monoisotopic (exact) mass is 271 g/mol. The van der Waals surface area contributed by atoms with Crippen molar-refractivity contribution in [3.8, 4) is 11.8 Å². The molecule has 1 aliphatic rings. The molecule has 1 amide bonds. The zero-order chi connectivity index (χ0) is 14.2. The summed E-state index contributed by atoms with van der Waals surface area (Å²) in [6.45, 7) is -0.154.